The predicted octanol–water partition coefficient (Wildman–Crippen LogP) is 3.46. The molecule has 2 atom stereocenters. The highest BCUT2D eigenvalue weighted by molar-refractivity contribution is 5.90. The summed E-state index contributed by atoms with van der Waals surface area (Å²) in [5, 5.41) is 18.8. The number of carboxylic acid groups (broad SMARTS) is 1. The van der Waals surface area contributed by atoms with E-state index in [9.17, 15) is 27.9 Å². The van der Waals surface area contributed by atoms with Crippen molar-refractivity contribution in [1.29, 1.82) is 0 Å². The number of rotatable bonds is 7. The van der Waals surface area contributed by atoms with E-state index < -0.39 is 31.3 Å². The second kappa shape index (κ2) is 8.76. The summed E-state index contributed by atoms with van der Waals surface area (Å²) in [4.78, 5) is 28.3. The zero-order valence-corrected chi connectivity index (χ0v) is 16.2. The molecular formula is C18H22F3N5O4. The number of halogens is 3. The van der Waals surface area contributed by atoms with Crippen molar-refractivity contribution in [2.45, 2.75) is 57.2 Å². The fourth-order valence-electron chi connectivity index (χ4n) is 3.62. The van der Waals surface area contributed by atoms with Gasteiger partial charge in [0, 0.05) is 30.3 Å². The van der Waals surface area contributed by atoms with E-state index in [4.69, 9.17) is 4.42 Å². The van der Waals surface area contributed by atoms with Gasteiger partial charge in [-0.05, 0) is 26.2 Å². The topological polar surface area (TPSA) is 124 Å². The molecule has 0 saturated heterocycles. The molecule has 3 N–H and O–H groups in total. The van der Waals surface area contributed by atoms with E-state index in [-0.39, 0.29) is 24.1 Å². The Balaban J connectivity index is 1.55. The number of carbonyl (C=O) groups is 2. The van der Waals surface area contributed by atoms with E-state index in [0.717, 1.165) is 4.90 Å². The highest BCUT2D eigenvalue weighted by Gasteiger charge is 2.36. The lowest BCUT2D eigenvalue weighted by molar-refractivity contribution is -0.137. The first-order valence-corrected chi connectivity index (χ1v) is 9.43. The van der Waals surface area contributed by atoms with E-state index in [0.29, 0.717) is 36.5 Å². The van der Waals surface area contributed by atoms with E-state index in [1.165, 1.54) is 6.20 Å². The summed E-state index contributed by atoms with van der Waals surface area (Å²) in [7, 11) is 0. The van der Waals surface area contributed by atoms with Crippen LogP contribution in [0.4, 0.5) is 23.8 Å². The maximum atomic E-state index is 12.5. The normalized spacial score (nSPS) is 19.1. The summed E-state index contributed by atoms with van der Waals surface area (Å²) in [5.41, 5.74) is 0.695. The SMILES string of the molecule is Cc1cnc(CC(=O)Nc2cc([C@H]3CC[C@@H](N(CCC(F)(F)F)C(=O)O)C3)[nH]n2)o1. The second-order valence-electron chi connectivity index (χ2n) is 7.30. The van der Waals surface area contributed by atoms with Gasteiger partial charge in [0.05, 0.1) is 12.6 Å². The van der Waals surface area contributed by atoms with Crippen LogP contribution < -0.4 is 5.32 Å². The molecule has 0 radical (unpaired) electrons. The standard InChI is InChI=1S/C18H22F3N5O4/c1-10-9-22-16(30-10)8-15(27)23-14-7-13(24-25-14)11-2-3-12(6-11)26(17(28)29)5-4-18(19,20)21/h7,9,11-12H,2-6,8H2,1H3,(H,28,29)(H2,23,24,25,27)/t11-,12+/m0/s1. The summed E-state index contributed by atoms with van der Waals surface area (Å²) in [6.45, 7) is 1.14. The van der Waals surface area contributed by atoms with Gasteiger partial charge in [-0.15, -0.1) is 0 Å². The van der Waals surface area contributed by atoms with E-state index in [1.54, 1.807) is 13.0 Å². The van der Waals surface area contributed by atoms with Gasteiger partial charge in [0.25, 0.3) is 0 Å². The van der Waals surface area contributed by atoms with Gasteiger partial charge in [-0.2, -0.15) is 18.3 Å². The van der Waals surface area contributed by atoms with Gasteiger partial charge < -0.3 is 19.7 Å². The average Bonchev–Trinajstić information content (AvgIpc) is 3.35. The van der Waals surface area contributed by atoms with Crippen LogP contribution in [0.15, 0.2) is 16.7 Å². The van der Waals surface area contributed by atoms with Gasteiger partial charge in [0.15, 0.2) is 5.82 Å². The Morgan fingerprint density at radius 3 is 2.80 bits per heavy atom. The molecule has 0 aliphatic heterocycles. The summed E-state index contributed by atoms with van der Waals surface area (Å²) < 4.78 is 42.7. The van der Waals surface area contributed by atoms with Crippen LogP contribution in [-0.2, 0) is 11.2 Å². The lowest BCUT2D eigenvalue weighted by atomic mass is 10.0. The van der Waals surface area contributed by atoms with Crippen molar-refractivity contribution in [3.8, 4) is 0 Å². The smallest absolute Gasteiger partial charge is 0.407 e. The molecule has 1 saturated carbocycles. The van der Waals surface area contributed by atoms with Crippen LogP contribution in [0.1, 0.15) is 48.9 Å². The molecule has 0 unspecified atom stereocenters. The van der Waals surface area contributed by atoms with Crippen molar-refractivity contribution in [1.82, 2.24) is 20.1 Å². The van der Waals surface area contributed by atoms with Crippen molar-refractivity contribution in [2.24, 2.45) is 0 Å². The molecule has 30 heavy (non-hydrogen) atoms. The number of alkyl halides is 3. The number of anilines is 1. The largest absolute Gasteiger partial charge is 0.465 e. The van der Waals surface area contributed by atoms with E-state index in [2.05, 4.69) is 20.5 Å². The highest BCUT2D eigenvalue weighted by Crippen LogP contribution is 2.37. The summed E-state index contributed by atoms with van der Waals surface area (Å²) in [6.07, 6.45) is -4.03. The Morgan fingerprint density at radius 2 is 2.17 bits per heavy atom. The molecule has 0 bridgehead atoms. The number of aromatic nitrogens is 3. The molecule has 0 aromatic carbocycles. The van der Waals surface area contributed by atoms with Gasteiger partial charge in [-0.1, -0.05) is 0 Å². The molecule has 164 valence electrons. The Kier molecular flexibility index (Phi) is 6.32. The lowest BCUT2D eigenvalue weighted by Gasteiger charge is -2.26. The number of carbonyl (C=O) groups excluding carboxylic acids is 1. The Morgan fingerprint density at radius 1 is 1.40 bits per heavy atom. The predicted molar refractivity (Wildman–Crippen MR) is 97.9 cm³/mol. The molecule has 2 heterocycles. The van der Waals surface area contributed by atoms with Crippen LogP contribution in [0.5, 0.6) is 0 Å². The number of aryl methyl sites for hydroxylation is 1. The van der Waals surface area contributed by atoms with Crippen LogP contribution in [0, 0.1) is 6.92 Å². The second-order valence-corrected chi connectivity index (χ2v) is 7.30. The molecule has 2 aromatic rings. The average molecular weight is 429 g/mol. The van der Waals surface area contributed by atoms with Gasteiger partial charge in [0.1, 0.15) is 12.2 Å². The third-order valence-corrected chi connectivity index (χ3v) is 5.01. The summed E-state index contributed by atoms with van der Waals surface area (Å²) in [5.74, 6) is 0.737. The van der Waals surface area contributed by atoms with Crippen molar-refractivity contribution in [3.05, 3.63) is 29.6 Å². The van der Waals surface area contributed by atoms with Gasteiger partial charge in [-0.25, -0.2) is 9.78 Å². The molecule has 0 spiro atoms. The number of amides is 2. The monoisotopic (exact) mass is 429 g/mol. The third-order valence-electron chi connectivity index (χ3n) is 5.01. The van der Waals surface area contributed by atoms with Gasteiger partial charge in [0.2, 0.25) is 11.8 Å². The van der Waals surface area contributed by atoms with E-state index >= 15 is 0 Å². The van der Waals surface area contributed by atoms with Crippen LogP contribution >= 0.6 is 0 Å². The Labute approximate surface area is 169 Å². The molecule has 2 amide bonds. The number of hydrogen-bond donors (Lipinski definition) is 3. The maximum absolute atomic E-state index is 12.5. The van der Waals surface area contributed by atoms with Crippen molar-refractivity contribution in [3.63, 3.8) is 0 Å². The highest BCUT2D eigenvalue weighted by atomic mass is 19.4. The molecule has 9 nitrogen and oxygen atoms in total. The number of hydrogen-bond acceptors (Lipinski definition) is 5. The van der Waals surface area contributed by atoms with Gasteiger partial charge >= 0.3 is 12.3 Å². The molecule has 12 heteroatoms. The Hall–Kier alpha value is -3.05. The maximum Gasteiger partial charge on any atom is 0.407 e. The van der Waals surface area contributed by atoms with Crippen molar-refractivity contribution >= 4 is 17.8 Å². The minimum atomic E-state index is -4.41. The fraction of sp³-hybridized carbons (Fsp3) is 0.556. The third kappa shape index (κ3) is 5.74. The first kappa shape index (κ1) is 21.7. The molecule has 1 aliphatic rings. The zero-order chi connectivity index (χ0) is 21.9. The zero-order valence-electron chi connectivity index (χ0n) is 16.2. The molecule has 2 aromatic heterocycles. The fourth-order valence-corrected chi connectivity index (χ4v) is 3.62. The van der Waals surface area contributed by atoms with Crippen molar-refractivity contribution in [2.75, 3.05) is 11.9 Å². The minimum absolute atomic E-state index is 0.0473. The van der Waals surface area contributed by atoms with Crippen LogP contribution in [0.3, 0.4) is 0 Å². The molecule has 1 aliphatic carbocycles. The Bertz CT molecular complexity index is 895. The summed E-state index contributed by atoms with van der Waals surface area (Å²) >= 11 is 0. The molecular weight excluding hydrogens is 407 g/mol. The first-order valence-electron chi connectivity index (χ1n) is 9.43. The quantitative estimate of drug-likeness (QED) is 0.619. The molecule has 1 fully saturated rings. The summed E-state index contributed by atoms with van der Waals surface area (Å²) in [6, 6.07) is 1.15. The van der Waals surface area contributed by atoms with Gasteiger partial charge in [-0.3, -0.25) is 9.89 Å². The van der Waals surface area contributed by atoms with E-state index in [1.807, 2.05) is 0 Å². The van der Waals surface area contributed by atoms with Crippen molar-refractivity contribution < 1.29 is 32.3 Å². The van der Waals surface area contributed by atoms with Crippen LogP contribution in [-0.4, -0.2) is 56.0 Å². The lowest BCUT2D eigenvalue weighted by Crippen LogP contribution is -2.40. The number of nitrogens with one attached hydrogen (secondary N) is 2. The number of aromatic amines is 1. The molecule has 3 rings (SSSR count). The van der Waals surface area contributed by atoms with Crippen LogP contribution in [0.25, 0.3) is 0 Å². The number of oxazole rings is 1. The number of H-pyrrole nitrogens is 1. The first-order chi connectivity index (χ1) is 14.1. The minimum Gasteiger partial charge on any atom is -0.465 e. The van der Waals surface area contributed by atoms with Crippen LogP contribution in [0.2, 0.25) is 0 Å². The number of nitrogens with zero attached hydrogens (tertiary/aromatic N) is 3.